The Kier molecular flexibility index (Phi) is 7.35. The van der Waals surface area contributed by atoms with E-state index < -0.39 is 12.4 Å². The third-order valence-electron chi connectivity index (χ3n) is 4.75. The number of ether oxygens (including phenoxy) is 1. The largest absolute Gasteiger partial charge is 0.573 e. The molecule has 1 aliphatic heterocycles. The number of thioether (sulfide) groups is 1. The van der Waals surface area contributed by atoms with Gasteiger partial charge in [0.05, 0.1) is 11.4 Å². The van der Waals surface area contributed by atoms with Gasteiger partial charge in [0.15, 0.2) is 5.17 Å². The summed E-state index contributed by atoms with van der Waals surface area (Å²) in [5.74, 6) is 0.0417. The Hall–Kier alpha value is -3.78. The molecule has 2 N–H and O–H groups in total. The average molecular weight is 540 g/mol. The molecular formula is C21H17ClF3N7O3S. The summed E-state index contributed by atoms with van der Waals surface area (Å²) in [6.07, 6.45) is -3.37. The number of aliphatic imine (C=N–C) groups is 1. The van der Waals surface area contributed by atoms with Crippen molar-refractivity contribution in [1.29, 1.82) is 0 Å². The fraction of sp³-hybridized carbons (Fsp3) is 0.190. The van der Waals surface area contributed by atoms with E-state index >= 15 is 0 Å². The van der Waals surface area contributed by atoms with Gasteiger partial charge in [0.1, 0.15) is 12.1 Å². The first-order valence-electron chi connectivity index (χ1n) is 10.2. The lowest BCUT2D eigenvalue weighted by molar-refractivity contribution is -0.274. The molecule has 2 aromatic carbocycles. The van der Waals surface area contributed by atoms with E-state index in [4.69, 9.17) is 11.6 Å². The maximum atomic E-state index is 12.3. The Morgan fingerprint density at radius 3 is 2.64 bits per heavy atom. The van der Waals surface area contributed by atoms with Crippen LogP contribution in [0.5, 0.6) is 5.75 Å². The molecule has 0 saturated carbocycles. The first kappa shape index (κ1) is 25.3. The normalized spacial score (nSPS) is 14.9. The van der Waals surface area contributed by atoms with E-state index in [-0.39, 0.29) is 29.9 Å². The van der Waals surface area contributed by atoms with Crippen molar-refractivity contribution in [2.45, 2.75) is 12.9 Å². The van der Waals surface area contributed by atoms with E-state index in [0.29, 0.717) is 27.1 Å². The van der Waals surface area contributed by atoms with Gasteiger partial charge in [-0.25, -0.2) is 14.5 Å². The summed E-state index contributed by atoms with van der Waals surface area (Å²) in [7, 11) is 1.55. The van der Waals surface area contributed by atoms with Crippen LogP contribution in [0.15, 0.2) is 53.8 Å². The molecule has 188 valence electrons. The Balaban J connectivity index is 1.33. The number of halogens is 4. The molecule has 0 aliphatic carbocycles. The van der Waals surface area contributed by atoms with E-state index in [0.717, 1.165) is 0 Å². The van der Waals surface area contributed by atoms with Crippen LogP contribution in [0.1, 0.15) is 5.56 Å². The van der Waals surface area contributed by atoms with Crippen molar-refractivity contribution in [2.24, 2.45) is 4.99 Å². The van der Waals surface area contributed by atoms with E-state index in [1.807, 2.05) is 0 Å². The summed E-state index contributed by atoms with van der Waals surface area (Å²) >= 11 is 7.51. The summed E-state index contributed by atoms with van der Waals surface area (Å²) < 4.78 is 42.1. The zero-order valence-electron chi connectivity index (χ0n) is 18.4. The van der Waals surface area contributed by atoms with Gasteiger partial charge in [-0.15, -0.1) is 18.3 Å². The van der Waals surface area contributed by atoms with Gasteiger partial charge in [0.2, 0.25) is 11.9 Å². The molecule has 0 atom stereocenters. The molecule has 3 aromatic rings. The van der Waals surface area contributed by atoms with Gasteiger partial charge in [0.25, 0.3) is 0 Å². The summed E-state index contributed by atoms with van der Waals surface area (Å²) in [5, 5.41) is 10.5. The van der Waals surface area contributed by atoms with Crippen molar-refractivity contribution >= 4 is 52.1 Å². The number of carbonyl (C=O) groups excluding carboxylic acids is 2. The highest BCUT2D eigenvalue weighted by atomic mass is 35.5. The van der Waals surface area contributed by atoms with Gasteiger partial charge < -0.3 is 15.4 Å². The molecule has 1 saturated heterocycles. The number of alkyl halides is 3. The smallest absolute Gasteiger partial charge is 0.406 e. The molecule has 0 bridgehead atoms. The number of rotatable bonds is 6. The zero-order valence-corrected chi connectivity index (χ0v) is 20.0. The number of urea groups is 1. The number of aromatic nitrogens is 3. The van der Waals surface area contributed by atoms with Crippen molar-refractivity contribution in [3.05, 3.63) is 59.4 Å². The molecule has 36 heavy (non-hydrogen) atoms. The zero-order chi connectivity index (χ0) is 25.9. The lowest BCUT2D eigenvalue weighted by Crippen LogP contribution is -2.25. The monoisotopic (exact) mass is 539 g/mol. The second-order valence-corrected chi connectivity index (χ2v) is 8.63. The molecule has 2 heterocycles. The Labute approximate surface area is 211 Å². The van der Waals surface area contributed by atoms with Crippen LogP contribution < -0.4 is 15.4 Å². The minimum absolute atomic E-state index is 0.126. The van der Waals surface area contributed by atoms with Crippen LogP contribution in [0.3, 0.4) is 0 Å². The minimum atomic E-state index is -4.77. The van der Waals surface area contributed by atoms with Crippen LogP contribution in [0.4, 0.5) is 29.6 Å². The van der Waals surface area contributed by atoms with Crippen molar-refractivity contribution < 1.29 is 27.5 Å². The second-order valence-electron chi connectivity index (χ2n) is 7.28. The van der Waals surface area contributed by atoms with Gasteiger partial charge in [0, 0.05) is 24.3 Å². The van der Waals surface area contributed by atoms with Crippen molar-refractivity contribution in [3.8, 4) is 11.4 Å². The standard InChI is InChI=1S/C21H17ClF3N7O3S/c1-31-17(33)10-36-20(31)29-19(34)28-13-3-2-12(16(22)8-13)9-26-18-27-11-32(30-18)14-4-6-15(7-5-14)35-21(23,24)25/h2-8,11H,9-10H2,1H3,(H,26,30)(H,28,34)/b29-20-. The molecule has 4 rings (SSSR count). The minimum Gasteiger partial charge on any atom is -0.406 e. The van der Waals surface area contributed by atoms with E-state index in [2.05, 4.69) is 30.4 Å². The van der Waals surface area contributed by atoms with Gasteiger partial charge >= 0.3 is 12.4 Å². The van der Waals surface area contributed by atoms with Crippen LogP contribution in [0.2, 0.25) is 5.02 Å². The number of anilines is 2. The first-order chi connectivity index (χ1) is 17.1. The average Bonchev–Trinajstić information content (AvgIpc) is 3.40. The Morgan fingerprint density at radius 2 is 2.00 bits per heavy atom. The third-order valence-corrected chi connectivity index (χ3v) is 6.12. The highest BCUT2D eigenvalue weighted by molar-refractivity contribution is 8.15. The molecular weight excluding hydrogens is 523 g/mol. The van der Waals surface area contributed by atoms with Crippen molar-refractivity contribution in [1.82, 2.24) is 19.7 Å². The maximum Gasteiger partial charge on any atom is 0.573 e. The molecule has 0 spiro atoms. The lowest BCUT2D eigenvalue weighted by atomic mass is 10.2. The molecule has 0 radical (unpaired) electrons. The Morgan fingerprint density at radius 1 is 1.25 bits per heavy atom. The molecule has 10 nitrogen and oxygen atoms in total. The number of hydrogen-bond acceptors (Lipinski definition) is 7. The van der Waals surface area contributed by atoms with Gasteiger partial charge in [-0.05, 0) is 42.0 Å². The van der Waals surface area contributed by atoms with E-state index in [1.54, 1.807) is 25.2 Å². The predicted octanol–water partition coefficient (Wildman–Crippen LogP) is 4.52. The van der Waals surface area contributed by atoms with Crippen LogP contribution in [-0.4, -0.2) is 55.9 Å². The van der Waals surface area contributed by atoms with Gasteiger partial charge in [-0.3, -0.25) is 9.69 Å². The number of amidine groups is 1. The fourth-order valence-corrected chi connectivity index (χ4v) is 4.12. The second kappa shape index (κ2) is 10.5. The number of hydrogen-bond donors (Lipinski definition) is 2. The van der Waals surface area contributed by atoms with Crippen LogP contribution in [0.25, 0.3) is 5.69 Å². The summed E-state index contributed by atoms with van der Waals surface area (Å²) in [6.45, 7) is 0.265. The molecule has 1 aromatic heterocycles. The molecule has 0 unspecified atom stereocenters. The molecule has 1 fully saturated rings. The first-order valence-corrected chi connectivity index (χ1v) is 11.5. The van der Waals surface area contributed by atoms with Crippen molar-refractivity contribution in [3.63, 3.8) is 0 Å². The van der Waals surface area contributed by atoms with E-state index in [1.165, 1.54) is 51.9 Å². The number of amides is 3. The predicted molar refractivity (Wildman–Crippen MR) is 129 cm³/mol. The highest BCUT2D eigenvalue weighted by Gasteiger charge is 2.31. The van der Waals surface area contributed by atoms with E-state index in [9.17, 15) is 22.8 Å². The number of nitrogens with zero attached hydrogens (tertiary/aromatic N) is 5. The third kappa shape index (κ3) is 6.46. The number of carbonyl (C=O) groups is 2. The van der Waals surface area contributed by atoms with Gasteiger partial charge in [-0.2, -0.15) is 4.99 Å². The summed E-state index contributed by atoms with van der Waals surface area (Å²) in [5.41, 5.74) is 1.61. The lowest BCUT2D eigenvalue weighted by Gasteiger charge is -2.10. The van der Waals surface area contributed by atoms with Gasteiger partial charge in [-0.1, -0.05) is 29.4 Å². The highest BCUT2D eigenvalue weighted by Crippen LogP contribution is 2.25. The summed E-state index contributed by atoms with van der Waals surface area (Å²) in [4.78, 5) is 33.0. The SMILES string of the molecule is CN1C(=O)CS/C1=N\C(=O)Nc1ccc(CNc2ncn(-c3ccc(OC(F)(F)F)cc3)n2)c(Cl)c1. The topological polar surface area (TPSA) is 114 Å². The molecule has 15 heteroatoms. The fourth-order valence-electron chi connectivity index (χ4n) is 2.98. The quantitative estimate of drug-likeness (QED) is 0.473. The summed E-state index contributed by atoms with van der Waals surface area (Å²) in [6, 6.07) is 9.45. The molecule has 3 amide bonds. The van der Waals surface area contributed by atoms with Crippen LogP contribution in [-0.2, 0) is 11.3 Å². The maximum absolute atomic E-state index is 12.3. The van der Waals surface area contributed by atoms with Crippen molar-refractivity contribution in [2.75, 3.05) is 23.4 Å². The number of nitrogens with one attached hydrogen (secondary N) is 2. The van der Waals surface area contributed by atoms with Crippen LogP contribution in [0, 0.1) is 0 Å². The van der Waals surface area contributed by atoms with Crippen LogP contribution >= 0.6 is 23.4 Å². The molecule has 1 aliphatic rings. The Bertz CT molecular complexity index is 1310. The number of benzene rings is 2.